The number of carbonyl (C=O) groups is 1. The lowest BCUT2D eigenvalue weighted by atomic mass is 10.2. The number of amides is 1. The smallest absolute Gasteiger partial charge is 0.283 e. The maximum atomic E-state index is 12.3. The Morgan fingerprint density at radius 3 is 2.70 bits per heavy atom. The van der Waals surface area contributed by atoms with Gasteiger partial charge in [-0.2, -0.15) is 5.10 Å². The topological polar surface area (TPSA) is 67.5 Å². The van der Waals surface area contributed by atoms with E-state index in [2.05, 4.69) is 17.5 Å². The Morgan fingerprint density at radius 1 is 1.30 bits per heavy atom. The highest BCUT2D eigenvalue weighted by Crippen LogP contribution is 2.33. The largest absolute Gasteiger partial charge is 0.397 e. The van der Waals surface area contributed by atoms with Crippen molar-refractivity contribution >= 4 is 40.2 Å². The van der Waals surface area contributed by atoms with Crippen molar-refractivity contribution in [1.82, 2.24) is 5.43 Å². The molecule has 0 aliphatic heterocycles. The molecule has 1 aliphatic rings. The van der Waals surface area contributed by atoms with E-state index in [0.29, 0.717) is 15.6 Å². The zero-order chi connectivity index (χ0) is 16.4. The molecule has 23 heavy (non-hydrogen) atoms. The number of anilines is 1. The van der Waals surface area contributed by atoms with Crippen LogP contribution in [0, 0.1) is 0 Å². The van der Waals surface area contributed by atoms with Gasteiger partial charge in [0.25, 0.3) is 5.91 Å². The van der Waals surface area contributed by atoms with Crippen LogP contribution in [0.5, 0.6) is 0 Å². The molecule has 1 heterocycles. The number of nitrogens with two attached hydrogens (primary N) is 1. The van der Waals surface area contributed by atoms with E-state index in [1.165, 1.54) is 16.9 Å². The molecule has 0 radical (unpaired) electrons. The number of rotatable bonds is 3. The number of nitrogen functional groups attached to an aromatic ring is 1. The summed E-state index contributed by atoms with van der Waals surface area (Å²) in [5.74, 6) is -0.279. The molecule has 3 rings (SSSR count). The zero-order valence-corrected chi connectivity index (χ0v) is 14.2. The molecule has 0 saturated heterocycles. The first kappa shape index (κ1) is 15.8. The van der Waals surface area contributed by atoms with Crippen molar-refractivity contribution < 1.29 is 4.79 Å². The molecule has 1 aromatic carbocycles. The molecule has 3 N–H and O–H groups in total. The predicted octanol–water partition coefficient (Wildman–Crippen LogP) is 4.48. The van der Waals surface area contributed by atoms with Crippen LogP contribution in [0.1, 0.15) is 29.4 Å². The summed E-state index contributed by atoms with van der Waals surface area (Å²) in [4.78, 5) is 13.7. The summed E-state index contributed by atoms with van der Waals surface area (Å²) in [5, 5.41) is 4.83. The van der Waals surface area contributed by atoms with Crippen molar-refractivity contribution in [3.05, 3.63) is 51.9 Å². The number of nitrogens with zero attached hydrogens (tertiary/aromatic N) is 1. The molecule has 1 amide bonds. The van der Waals surface area contributed by atoms with Gasteiger partial charge in [-0.25, -0.2) is 5.43 Å². The second-order valence-corrected chi connectivity index (χ2v) is 6.93. The Kier molecular flexibility index (Phi) is 4.50. The van der Waals surface area contributed by atoms with Crippen LogP contribution in [0.25, 0.3) is 10.4 Å². The van der Waals surface area contributed by atoms with Gasteiger partial charge in [-0.05, 0) is 49.6 Å². The standard InChI is InChI=1S/C17H16ClN3OS/c1-10-2-7-13(8-10)20-21-17(22)16-14(19)9-15(23-16)11-3-5-12(18)6-4-11/h3-6,8-9H,2,7,19H2,1H3,(H,21,22)/b20-13+. The van der Waals surface area contributed by atoms with E-state index in [1.807, 2.05) is 30.3 Å². The monoisotopic (exact) mass is 345 g/mol. The molecule has 0 atom stereocenters. The number of carbonyl (C=O) groups excluding carboxylic acids is 1. The maximum Gasteiger partial charge on any atom is 0.283 e. The Labute approximate surface area is 143 Å². The average molecular weight is 346 g/mol. The van der Waals surface area contributed by atoms with Crippen LogP contribution in [0.15, 0.2) is 47.1 Å². The molecule has 4 nitrogen and oxygen atoms in total. The number of benzene rings is 1. The molecule has 0 saturated carbocycles. The lowest BCUT2D eigenvalue weighted by Gasteiger charge is -1.99. The van der Waals surface area contributed by atoms with Gasteiger partial charge >= 0.3 is 0 Å². The van der Waals surface area contributed by atoms with Gasteiger partial charge in [0.15, 0.2) is 0 Å². The molecule has 1 aliphatic carbocycles. The fourth-order valence-corrected chi connectivity index (χ4v) is 3.46. The first-order valence-corrected chi connectivity index (χ1v) is 8.41. The van der Waals surface area contributed by atoms with E-state index in [9.17, 15) is 4.79 Å². The van der Waals surface area contributed by atoms with Crippen molar-refractivity contribution in [2.75, 3.05) is 5.73 Å². The summed E-state index contributed by atoms with van der Waals surface area (Å²) in [6.45, 7) is 2.06. The quantitative estimate of drug-likeness (QED) is 0.805. The average Bonchev–Trinajstić information content (AvgIpc) is 3.11. The first-order valence-electron chi connectivity index (χ1n) is 7.22. The van der Waals surface area contributed by atoms with Crippen LogP contribution in [0.3, 0.4) is 0 Å². The molecule has 118 valence electrons. The van der Waals surface area contributed by atoms with Gasteiger partial charge in [0.1, 0.15) is 4.88 Å². The Bertz CT molecular complexity index is 806. The van der Waals surface area contributed by atoms with Crippen LogP contribution < -0.4 is 11.2 Å². The van der Waals surface area contributed by atoms with Gasteiger partial charge in [-0.1, -0.05) is 29.3 Å². The van der Waals surface area contributed by atoms with Gasteiger partial charge in [0, 0.05) is 9.90 Å². The van der Waals surface area contributed by atoms with E-state index >= 15 is 0 Å². The lowest BCUT2D eigenvalue weighted by Crippen LogP contribution is -2.18. The summed E-state index contributed by atoms with van der Waals surface area (Å²) in [6, 6.07) is 9.24. The molecule has 0 fully saturated rings. The second-order valence-electron chi connectivity index (χ2n) is 5.44. The third-order valence-electron chi connectivity index (χ3n) is 3.59. The van der Waals surface area contributed by atoms with E-state index in [0.717, 1.165) is 29.0 Å². The van der Waals surface area contributed by atoms with Crippen LogP contribution >= 0.6 is 22.9 Å². The summed E-state index contributed by atoms with van der Waals surface area (Å²) < 4.78 is 0. The third-order valence-corrected chi connectivity index (χ3v) is 5.04. The zero-order valence-electron chi connectivity index (χ0n) is 12.6. The van der Waals surface area contributed by atoms with Crippen LogP contribution in [-0.2, 0) is 0 Å². The van der Waals surface area contributed by atoms with Gasteiger partial charge in [0.2, 0.25) is 0 Å². The highest BCUT2D eigenvalue weighted by molar-refractivity contribution is 7.18. The molecule has 0 spiro atoms. The van der Waals surface area contributed by atoms with Gasteiger partial charge in [-0.3, -0.25) is 4.79 Å². The predicted molar refractivity (Wildman–Crippen MR) is 97.1 cm³/mol. The number of nitrogens with one attached hydrogen (secondary N) is 1. The number of hydrogen-bond acceptors (Lipinski definition) is 4. The SMILES string of the molecule is CC1=C/C(=N/NC(=O)c2sc(-c3ccc(Cl)cc3)cc2N)CC1. The maximum absolute atomic E-state index is 12.3. The van der Waals surface area contributed by atoms with Crippen molar-refractivity contribution in [3.8, 4) is 10.4 Å². The van der Waals surface area contributed by atoms with Crippen molar-refractivity contribution in [1.29, 1.82) is 0 Å². The van der Waals surface area contributed by atoms with Crippen LogP contribution in [0.2, 0.25) is 5.02 Å². The molecule has 2 aromatic rings. The highest BCUT2D eigenvalue weighted by Gasteiger charge is 2.16. The molecule has 1 aromatic heterocycles. The van der Waals surface area contributed by atoms with Crippen molar-refractivity contribution in [3.63, 3.8) is 0 Å². The summed E-state index contributed by atoms with van der Waals surface area (Å²) in [7, 11) is 0. The van der Waals surface area contributed by atoms with E-state index in [4.69, 9.17) is 17.3 Å². The first-order chi connectivity index (χ1) is 11.0. The molecule has 0 bridgehead atoms. The van der Waals surface area contributed by atoms with E-state index in [-0.39, 0.29) is 5.91 Å². The molecular formula is C17H16ClN3OS. The Morgan fingerprint density at radius 2 is 2.04 bits per heavy atom. The number of hydrazone groups is 1. The summed E-state index contributed by atoms with van der Waals surface area (Å²) in [5.41, 5.74) is 12.2. The highest BCUT2D eigenvalue weighted by atomic mass is 35.5. The third kappa shape index (κ3) is 3.63. The van der Waals surface area contributed by atoms with Crippen LogP contribution in [-0.4, -0.2) is 11.6 Å². The van der Waals surface area contributed by atoms with E-state index in [1.54, 1.807) is 6.07 Å². The van der Waals surface area contributed by atoms with E-state index < -0.39 is 0 Å². The molecule has 0 unspecified atom stereocenters. The van der Waals surface area contributed by atoms with Gasteiger partial charge < -0.3 is 5.73 Å². The fourth-order valence-electron chi connectivity index (χ4n) is 2.35. The molecular weight excluding hydrogens is 330 g/mol. The normalized spacial score (nSPS) is 15.7. The number of halogens is 1. The Balaban J connectivity index is 1.78. The summed E-state index contributed by atoms with van der Waals surface area (Å²) in [6.07, 6.45) is 3.86. The molecule has 6 heteroatoms. The lowest BCUT2D eigenvalue weighted by molar-refractivity contribution is 0.0959. The number of thiophene rings is 1. The van der Waals surface area contributed by atoms with Crippen molar-refractivity contribution in [2.45, 2.75) is 19.8 Å². The minimum atomic E-state index is -0.279. The number of allylic oxidation sites excluding steroid dienone is 2. The second kappa shape index (κ2) is 6.56. The number of hydrogen-bond donors (Lipinski definition) is 2. The minimum Gasteiger partial charge on any atom is -0.397 e. The van der Waals surface area contributed by atoms with Gasteiger partial charge in [0.05, 0.1) is 11.4 Å². The van der Waals surface area contributed by atoms with Crippen LogP contribution in [0.4, 0.5) is 5.69 Å². The Hall–Kier alpha value is -2.11. The summed E-state index contributed by atoms with van der Waals surface area (Å²) >= 11 is 7.24. The van der Waals surface area contributed by atoms with Gasteiger partial charge in [-0.15, -0.1) is 11.3 Å². The van der Waals surface area contributed by atoms with Crippen molar-refractivity contribution in [2.24, 2.45) is 5.10 Å². The minimum absolute atomic E-state index is 0.279. The fraction of sp³-hybridized carbons (Fsp3) is 0.176.